The highest BCUT2D eigenvalue weighted by Gasteiger charge is 2.28. The first kappa shape index (κ1) is 26.0. The molecule has 3 aromatic rings. The van der Waals surface area contributed by atoms with E-state index in [9.17, 15) is 13.2 Å². The smallest absolute Gasteiger partial charge is 0.243 e. The molecular formula is C23H20BrCl3N2O3S. The van der Waals surface area contributed by atoms with E-state index in [0.29, 0.717) is 20.6 Å². The third kappa shape index (κ3) is 6.94. The Morgan fingerprint density at radius 1 is 0.970 bits per heavy atom. The van der Waals surface area contributed by atoms with Crippen LogP contribution in [0.2, 0.25) is 15.1 Å². The quantitative estimate of drug-likeness (QED) is 0.327. The second-order valence-corrected chi connectivity index (χ2v) is 11.4. The number of amides is 1. The summed E-state index contributed by atoms with van der Waals surface area (Å²) < 4.78 is 28.8. The van der Waals surface area contributed by atoms with Gasteiger partial charge < -0.3 is 5.32 Å². The van der Waals surface area contributed by atoms with Gasteiger partial charge >= 0.3 is 0 Å². The number of rotatable bonds is 8. The summed E-state index contributed by atoms with van der Waals surface area (Å²) in [7, 11) is -4.03. The molecule has 0 heterocycles. The average molecular weight is 591 g/mol. The maximum atomic E-state index is 13.4. The third-order valence-electron chi connectivity index (χ3n) is 4.88. The van der Waals surface area contributed by atoms with Crippen molar-refractivity contribution in [3.63, 3.8) is 0 Å². The molecular weight excluding hydrogens is 571 g/mol. The van der Waals surface area contributed by atoms with Gasteiger partial charge in [-0.05, 0) is 66.6 Å². The van der Waals surface area contributed by atoms with Crippen molar-refractivity contribution in [3.8, 4) is 0 Å². The molecule has 1 amide bonds. The molecule has 0 saturated carbocycles. The monoisotopic (exact) mass is 588 g/mol. The van der Waals surface area contributed by atoms with Crippen molar-refractivity contribution >= 4 is 66.7 Å². The van der Waals surface area contributed by atoms with Crippen LogP contribution in [0.4, 0.5) is 0 Å². The van der Waals surface area contributed by atoms with E-state index in [1.807, 2.05) is 31.2 Å². The second-order valence-electron chi connectivity index (χ2n) is 7.30. The van der Waals surface area contributed by atoms with Gasteiger partial charge in [0.1, 0.15) is 0 Å². The van der Waals surface area contributed by atoms with Crippen molar-refractivity contribution in [3.05, 3.63) is 97.4 Å². The first-order valence-corrected chi connectivity index (χ1v) is 13.2. The predicted molar refractivity (Wildman–Crippen MR) is 136 cm³/mol. The molecule has 0 radical (unpaired) electrons. The van der Waals surface area contributed by atoms with E-state index in [0.717, 1.165) is 14.3 Å². The number of carbonyl (C=O) groups is 1. The van der Waals surface area contributed by atoms with Crippen LogP contribution in [-0.2, 0) is 21.4 Å². The summed E-state index contributed by atoms with van der Waals surface area (Å²) in [5.41, 5.74) is 1.41. The molecule has 33 heavy (non-hydrogen) atoms. The fourth-order valence-electron chi connectivity index (χ4n) is 3.10. The molecule has 3 aromatic carbocycles. The topological polar surface area (TPSA) is 66.5 Å². The molecule has 0 bridgehead atoms. The van der Waals surface area contributed by atoms with Crippen molar-refractivity contribution in [1.82, 2.24) is 9.62 Å². The average Bonchev–Trinajstić information content (AvgIpc) is 2.75. The number of benzene rings is 3. The Morgan fingerprint density at radius 3 is 2.18 bits per heavy atom. The maximum absolute atomic E-state index is 13.4. The van der Waals surface area contributed by atoms with Crippen LogP contribution in [0.25, 0.3) is 0 Å². The molecule has 0 unspecified atom stereocenters. The molecule has 0 spiro atoms. The molecule has 0 aliphatic rings. The first-order chi connectivity index (χ1) is 15.6. The number of nitrogens with one attached hydrogen (secondary N) is 1. The highest BCUT2D eigenvalue weighted by Crippen LogP contribution is 2.26. The Hall–Kier alpha value is -1.61. The predicted octanol–water partition coefficient (Wildman–Crippen LogP) is 6.48. The van der Waals surface area contributed by atoms with Crippen molar-refractivity contribution in [2.75, 3.05) is 6.54 Å². The van der Waals surface area contributed by atoms with E-state index in [2.05, 4.69) is 21.2 Å². The lowest BCUT2D eigenvalue weighted by atomic mass is 10.1. The SMILES string of the molecule is C[C@H](NC(=O)CN(Cc1ccc(Cl)cc1Cl)S(=O)(=O)c1ccc(Cl)cc1)c1ccc(Br)cc1. The number of hydrogen-bond donors (Lipinski definition) is 1. The Morgan fingerprint density at radius 2 is 1.58 bits per heavy atom. The van der Waals surface area contributed by atoms with Gasteiger partial charge in [-0.25, -0.2) is 8.42 Å². The molecule has 0 aromatic heterocycles. The largest absolute Gasteiger partial charge is 0.348 e. The van der Waals surface area contributed by atoms with E-state index >= 15 is 0 Å². The maximum Gasteiger partial charge on any atom is 0.243 e. The van der Waals surface area contributed by atoms with Crippen LogP contribution in [0.1, 0.15) is 24.1 Å². The summed E-state index contributed by atoms with van der Waals surface area (Å²) in [6, 6.07) is 17.7. The van der Waals surface area contributed by atoms with Crippen LogP contribution in [0.15, 0.2) is 76.1 Å². The summed E-state index contributed by atoms with van der Waals surface area (Å²) in [5, 5.41) is 3.99. The molecule has 1 atom stereocenters. The summed E-state index contributed by atoms with van der Waals surface area (Å²) in [6.45, 7) is 1.32. The van der Waals surface area contributed by atoms with Gasteiger partial charge in [-0.1, -0.05) is 68.9 Å². The lowest BCUT2D eigenvalue weighted by Gasteiger charge is -2.24. The number of hydrogen-bond acceptors (Lipinski definition) is 3. The minimum atomic E-state index is -4.03. The Bertz CT molecular complexity index is 1240. The zero-order valence-corrected chi connectivity index (χ0v) is 22.1. The Balaban J connectivity index is 1.86. The van der Waals surface area contributed by atoms with E-state index in [1.54, 1.807) is 12.1 Å². The standard InChI is InChI=1S/C23H20BrCl3N2O3S/c1-15(16-2-5-18(24)6-3-16)28-23(30)14-29(13-17-4-7-20(26)12-22(17)27)33(31,32)21-10-8-19(25)9-11-21/h2-12,15H,13-14H2,1H3,(H,28,30)/t15-/m0/s1. The molecule has 0 aliphatic carbocycles. The molecule has 0 fully saturated rings. The molecule has 1 N–H and O–H groups in total. The normalized spacial score (nSPS) is 12.5. The van der Waals surface area contributed by atoms with Crippen LogP contribution < -0.4 is 5.32 Å². The lowest BCUT2D eigenvalue weighted by molar-refractivity contribution is -0.122. The molecule has 0 aliphatic heterocycles. The summed E-state index contributed by atoms with van der Waals surface area (Å²) >= 11 is 21.5. The number of nitrogens with zero attached hydrogens (tertiary/aromatic N) is 1. The lowest BCUT2D eigenvalue weighted by Crippen LogP contribution is -2.41. The summed E-state index contributed by atoms with van der Waals surface area (Å²) in [5.74, 6) is -0.451. The van der Waals surface area contributed by atoms with Crippen LogP contribution in [0.5, 0.6) is 0 Å². The minimum absolute atomic E-state index is 0.0192. The van der Waals surface area contributed by atoms with E-state index in [4.69, 9.17) is 34.8 Å². The zero-order chi connectivity index (χ0) is 24.2. The van der Waals surface area contributed by atoms with Crippen molar-refractivity contribution < 1.29 is 13.2 Å². The molecule has 5 nitrogen and oxygen atoms in total. The fraction of sp³-hybridized carbons (Fsp3) is 0.174. The zero-order valence-electron chi connectivity index (χ0n) is 17.4. The summed E-state index contributed by atoms with van der Waals surface area (Å²) in [6.07, 6.45) is 0. The third-order valence-corrected chi connectivity index (χ3v) is 8.05. The fourth-order valence-corrected chi connectivity index (χ4v) is 5.34. The number of sulfonamides is 1. The van der Waals surface area contributed by atoms with Crippen molar-refractivity contribution in [2.45, 2.75) is 24.4 Å². The van der Waals surface area contributed by atoms with Gasteiger partial charge in [-0.3, -0.25) is 4.79 Å². The Labute approximate surface area is 216 Å². The molecule has 10 heteroatoms. The number of halogens is 4. The van der Waals surface area contributed by atoms with Gasteiger partial charge in [0.25, 0.3) is 0 Å². The number of carbonyl (C=O) groups excluding carboxylic acids is 1. The molecule has 174 valence electrons. The van der Waals surface area contributed by atoms with Gasteiger partial charge in [0.05, 0.1) is 17.5 Å². The Kier molecular flexibility index (Phi) is 8.83. The van der Waals surface area contributed by atoms with Crippen molar-refractivity contribution in [2.24, 2.45) is 0 Å². The van der Waals surface area contributed by atoms with Gasteiger partial charge in [0, 0.05) is 26.1 Å². The highest BCUT2D eigenvalue weighted by atomic mass is 79.9. The molecule has 3 rings (SSSR count). The molecule has 0 saturated heterocycles. The highest BCUT2D eigenvalue weighted by molar-refractivity contribution is 9.10. The van der Waals surface area contributed by atoms with Gasteiger partial charge in [-0.15, -0.1) is 0 Å². The second kappa shape index (κ2) is 11.2. The van der Waals surface area contributed by atoms with E-state index in [-0.39, 0.29) is 17.5 Å². The first-order valence-electron chi connectivity index (χ1n) is 9.81. The van der Waals surface area contributed by atoms with Gasteiger partial charge in [0.15, 0.2) is 0 Å². The van der Waals surface area contributed by atoms with Gasteiger partial charge in [0.2, 0.25) is 15.9 Å². The van der Waals surface area contributed by atoms with Crippen LogP contribution in [0, 0.1) is 0 Å². The summed E-state index contributed by atoms with van der Waals surface area (Å²) in [4.78, 5) is 12.9. The van der Waals surface area contributed by atoms with Crippen LogP contribution in [0.3, 0.4) is 0 Å². The van der Waals surface area contributed by atoms with Crippen molar-refractivity contribution in [1.29, 1.82) is 0 Å². The van der Waals surface area contributed by atoms with E-state index < -0.39 is 22.5 Å². The van der Waals surface area contributed by atoms with Crippen LogP contribution in [-0.4, -0.2) is 25.2 Å². The van der Waals surface area contributed by atoms with Crippen LogP contribution >= 0.6 is 50.7 Å². The minimum Gasteiger partial charge on any atom is -0.348 e. The van der Waals surface area contributed by atoms with E-state index in [1.165, 1.54) is 30.3 Å². The van der Waals surface area contributed by atoms with Gasteiger partial charge in [-0.2, -0.15) is 4.31 Å².